The van der Waals surface area contributed by atoms with Crippen molar-refractivity contribution in [3.63, 3.8) is 0 Å². The van der Waals surface area contributed by atoms with Gasteiger partial charge in [0.15, 0.2) is 5.76 Å². The number of Topliss-reactive ketones (excluding diaryl/α,β-unsaturated/α-hetero) is 1. The number of nitrogens with one attached hydrogen (secondary N) is 1. The molecule has 2 N–H and O–H groups in total. The fourth-order valence-electron chi connectivity index (χ4n) is 4.21. The number of aliphatic hydroxyl groups excluding tert-OH is 1. The van der Waals surface area contributed by atoms with E-state index in [0.29, 0.717) is 47.0 Å². The lowest BCUT2D eigenvalue weighted by Gasteiger charge is -2.32. The number of β-amino-alcohol motifs (C(OH)–C–C–N with tert-alkyl or cyclic N) is 1. The van der Waals surface area contributed by atoms with Gasteiger partial charge in [-0.05, 0) is 30.3 Å². The van der Waals surface area contributed by atoms with Gasteiger partial charge >= 0.3 is 0 Å². The molecular weight excluding hydrogens is 412 g/mol. The Morgan fingerprint density at radius 1 is 1.19 bits per heavy atom. The minimum atomic E-state index is -0.256. The Kier molecular flexibility index (Phi) is 6.64. The maximum Gasteiger partial charge on any atom is 0.231 e. The number of fused-ring (bicyclic) bond motifs is 1. The number of allylic oxidation sites excluding steroid dienone is 1. The molecular formula is C24H28N2O6. The van der Waals surface area contributed by atoms with Crippen LogP contribution in [-0.4, -0.2) is 69.3 Å². The fraction of sp³-hybridized carbons (Fsp3) is 0.375. The summed E-state index contributed by atoms with van der Waals surface area (Å²) < 4.78 is 16.6. The van der Waals surface area contributed by atoms with E-state index in [4.69, 9.17) is 19.3 Å². The Hall–Kier alpha value is -3.07. The molecule has 0 atom stereocenters. The Bertz CT molecular complexity index is 1030. The molecule has 0 spiro atoms. The van der Waals surface area contributed by atoms with Crippen molar-refractivity contribution in [3.05, 3.63) is 52.8 Å². The molecule has 1 saturated heterocycles. The molecule has 0 aliphatic carbocycles. The summed E-state index contributed by atoms with van der Waals surface area (Å²) >= 11 is 0. The molecule has 8 nitrogen and oxygen atoms in total. The summed E-state index contributed by atoms with van der Waals surface area (Å²) in [6.07, 6.45) is 1.62. The normalized spacial score (nSPS) is 18.0. The second kappa shape index (κ2) is 9.60. The molecule has 2 aliphatic rings. The zero-order chi connectivity index (χ0) is 22.7. The van der Waals surface area contributed by atoms with Crippen LogP contribution in [-0.2, 0) is 6.54 Å². The quantitative estimate of drug-likeness (QED) is 0.589. The number of nitrogens with zero attached hydrogens (tertiary/aromatic N) is 1. The zero-order valence-electron chi connectivity index (χ0n) is 18.3. The van der Waals surface area contributed by atoms with E-state index >= 15 is 0 Å². The third-order valence-electron chi connectivity index (χ3n) is 6.03. The highest BCUT2D eigenvalue weighted by Gasteiger charge is 2.32. The van der Waals surface area contributed by atoms with Gasteiger partial charge in [0.05, 0.1) is 39.5 Å². The molecule has 0 radical (unpaired) electrons. The Labute approximate surface area is 187 Å². The van der Waals surface area contributed by atoms with Crippen LogP contribution < -0.4 is 24.2 Å². The van der Waals surface area contributed by atoms with E-state index in [2.05, 4.69) is 4.90 Å². The van der Waals surface area contributed by atoms with Gasteiger partial charge in [-0.1, -0.05) is 11.8 Å². The lowest BCUT2D eigenvalue weighted by molar-refractivity contribution is -0.918. The predicted octanol–water partition coefficient (Wildman–Crippen LogP) is 0.0864. The summed E-state index contributed by atoms with van der Waals surface area (Å²) in [5, 5.41) is 21.8. The lowest BCUT2D eigenvalue weighted by Crippen LogP contribution is -3.13. The van der Waals surface area contributed by atoms with E-state index in [-0.39, 0.29) is 23.9 Å². The maximum absolute atomic E-state index is 13.0. The summed E-state index contributed by atoms with van der Waals surface area (Å²) in [4.78, 5) is 16.5. The lowest BCUT2D eigenvalue weighted by atomic mass is 10.0. The zero-order valence-corrected chi connectivity index (χ0v) is 18.3. The van der Waals surface area contributed by atoms with Gasteiger partial charge in [-0.3, -0.25) is 9.69 Å². The number of quaternary nitrogens is 1. The number of piperazine rings is 1. The number of rotatable bonds is 7. The number of hydrogen-bond donors (Lipinski definition) is 2. The molecule has 4 rings (SSSR count). The molecule has 0 unspecified atom stereocenters. The van der Waals surface area contributed by atoms with E-state index in [1.165, 1.54) is 11.0 Å². The first-order chi connectivity index (χ1) is 15.5. The van der Waals surface area contributed by atoms with Crippen molar-refractivity contribution in [2.24, 2.45) is 0 Å². The third kappa shape index (κ3) is 4.43. The van der Waals surface area contributed by atoms with Gasteiger partial charge < -0.3 is 29.3 Å². The van der Waals surface area contributed by atoms with Gasteiger partial charge in [-0.25, -0.2) is 0 Å². The summed E-state index contributed by atoms with van der Waals surface area (Å²) in [6.45, 7) is 4.76. The SMILES string of the molecule is COc1ccc(OC)c(C=C2Oc3c(ccc([O-])c3C[NH+]3CCN(CCO)CC3)C2=O)c1. The Balaban J connectivity index is 1.59. The first-order valence-corrected chi connectivity index (χ1v) is 10.7. The second-order valence-electron chi connectivity index (χ2n) is 7.96. The van der Waals surface area contributed by atoms with Crippen LogP contribution in [0, 0.1) is 0 Å². The van der Waals surface area contributed by atoms with Crippen molar-refractivity contribution in [2.45, 2.75) is 6.54 Å². The van der Waals surface area contributed by atoms with Crippen LogP contribution in [0.25, 0.3) is 6.08 Å². The van der Waals surface area contributed by atoms with Crippen LogP contribution in [0.3, 0.4) is 0 Å². The molecule has 2 aromatic rings. The van der Waals surface area contributed by atoms with Crippen LogP contribution in [0.4, 0.5) is 0 Å². The average Bonchev–Trinajstić information content (AvgIpc) is 3.12. The molecule has 1 fully saturated rings. The summed E-state index contributed by atoms with van der Waals surface area (Å²) in [7, 11) is 3.13. The van der Waals surface area contributed by atoms with Gasteiger partial charge in [0.1, 0.15) is 23.8 Å². The van der Waals surface area contributed by atoms with Crippen LogP contribution >= 0.6 is 0 Å². The number of aliphatic hydroxyl groups is 1. The summed E-state index contributed by atoms with van der Waals surface area (Å²) in [5.74, 6) is 1.35. The predicted molar refractivity (Wildman–Crippen MR) is 116 cm³/mol. The molecule has 8 heteroatoms. The first kappa shape index (κ1) is 22.1. The molecule has 0 aromatic heterocycles. The van der Waals surface area contributed by atoms with Gasteiger partial charge in [0.2, 0.25) is 5.78 Å². The highest BCUT2D eigenvalue weighted by molar-refractivity contribution is 6.15. The monoisotopic (exact) mass is 440 g/mol. The molecule has 0 amide bonds. The van der Waals surface area contributed by atoms with Gasteiger partial charge in [-0.2, -0.15) is 0 Å². The molecule has 32 heavy (non-hydrogen) atoms. The highest BCUT2D eigenvalue weighted by Crippen LogP contribution is 2.39. The van der Waals surface area contributed by atoms with Crippen molar-refractivity contribution in [1.82, 2.24) is 4.90 Å². The van der Waals surface area contributed by atoms with Crippen molar-refractivity contribution in [2.75, 3.05) is 53.6 Å². The standard InChI is InChI=1S/C24H28N2O6/c1-30-17-3-6-21(31-2)16(13-17)14-22-23(29)18-4-5-20(28)19(24(18)32-22)15-26-9-7-25(8-10-26)11-12-27/h3-6,13-14,27-28H,7-12,15H2,1-2H3. The number of ether oxygens (including phenoxy) is 3. The number of benzene rings is 2. The minimum Gasteiger partial charge on any atom is -0.872 e. The van der Waals surface area contributed by atoms with Crippen molar-refractivity contribution < 1.29 is 34.1 Å². The smallest absolute Gasteiger partial charge is 0.231 e. The Morgan fingerprint density at radius 2 is 1.97 bits per heavy atom. The van der Waals surface area contributed by atoms with E-state index in [9.17, 15) is 9.90 Å². The molecule has 2 aliphatic heterocycles. The van der Waals surface area contributed by atoms with E-state index in [1.54, 1.807) is 44.6 Å². The molecule has 2 heterocycles. The minimum absolute atomic E-state index is 0.123. The van der Waals surface area contributed by atoms with Crippen molar-refractivity contribution >= 4 is 11.9 Å². The molecule has 170 valence electrons. The topological polar surface area (TPSA) is 95.7 Å². The second-order valence-corrected chi connectivity index (χ2v) is 7.96. The van der Waals surface area contributed by atoms with Gasteiger partial charge in [-0.15, -0.1) is 0 Å². The highest BCUT2D eigenvalue weighted by atomic mass is 16.5. The molecule has 0 saturated carbocycles. The van der Waals surface area contributed by atoms with E-state index < -0.39 is 0 Å². The van der Waals surface area contributed by atoms with Crippen LogP contribution in [0.5, 0.6) is 23.0 Å². The van der Waals surface area contributed by atoms with Crippen LogP contribution in [0.15, 0.2) is 36.1 Å². The maximum atomic E-state index is 13.0. The number of carbonyl (C=O) groups is 1. The van der Waals surface area contributed by atoms with E-state index in [1.807, 2.05) is 0 Å². The molecule has 0 bridgehead atoms. The Morgan fingerprint density at radius 3 is 2.66 bits per heavy atom. The van der Waals surface area contributed by atoms with Crippen molar-refractivity contribution in [3.8, 4) is 23.0 Å². The number of ketones is 1. The fourth-order valence-corrected chi connectivity index (χ4v) is 4.21. The summed E-state index contributed by atoms with van der Waals surface area (Å²) in [6, 6.07) is 8.30. The van der Waals surface area contributed by atoms with E-state index in [0.717, 1.165) is 26.2 Å². The van der Waals surface area contributed by atoms with Crippen LogP contribution in [0.2, 0.25) is 0 Å². The number of hydrogen-bond acceptors (Lipinski definition) is 7. The van der Waals surface area contributed by atoms with Crippen molar-refractivity contribution in [1.29, 1.82) is 0 Å². The first-order valence-electron chi connectivity index (χ1n) is 10.7. The van der Waals surface area contributed by atoms with Crippen LogP contribution in [0.1, 0.15) is 21.5 Å². The average molecular weight is 440 g/mol. The largest absolute Gasteiger partial charge is 0.872 e. The number of carbonyl (C=O) groups excluding carboxylic acids is 1. The molecule has 2 aromatic carbocycles. The third-order valence-corrected chi connectivity index (χ3v) is 6.03. The number of methoxy groups -OCH3 is 2. The van der Waals surface area contributed by atoms with Gasteiger partial charge in [0.25, 0.3) is 0 Å². The van der Waals surface area contributed by atoms with Gasteiger partial charge in [0, 0.05) is 30.8 Å². The summed E-state index contributed by atoms with van der Waals surface area (Å²) in [5.41, 5.74) is 1.59.